The smallest absolute Gasteiger partial charge is 0.0482 e. The first kappa shape index (κ1) is 10.0. The number of nitrogens with zero attached hydrogens (tertiary/aromatic N) is 1. The molecule has 0 spiro atoms. The minimum Gasteiger partial charge on any atom is -0.345 e. The average molecular weight is 199 g/mol. The van der Waals surface area contributed by atoms with Gasteiger partial charge in [-0.05, 0) is 37.3 Å². The highest BCUT2D eigenvalue weighted by Crippen LogP contribution is 2.19. The van der Waals surface area contributed by atoms with Gasteiger partial charge in [0.25, 0.3) is 0 Å². The second-order valence-corrected chi connectivity index (χ2v) is 3.93. The van der Waals surface area contributed by atoms with Gasteiger partial charge in [-0.15, -0.1) is 6.58 Å². The van der Waals surface area contributed by atoms with Crippen LogP contribution in [0.15, 0.2) is 43.0 Å². The molecule has 0 atom stereocenters. The molecule has 78 valence electrons. The monoisotopic (exact) mass is 199 g/mol. The standard InChI is InChI=1S/C14H17N/c1-3-4-7-10-15-12(2)11-13-8-5-6-9-14(13)15/h3,5-6,8-9,11H,1,4,7,10H2,2H3. The summed E-state index contributed by atoms with van der Waals surface area (Å²) in [6.45, 7) is 7.02. The fraction of sp³-hybridized carbons (Fsp3) is 0.286. The van der Waals surface area contributed by atoms with E-state index in [0.717, 1.165) is 13.0 Å². The number of hydrogen-bond donors (Lipinski definition) is 0. The third kappa shape index (κ3) is 1.96. The van der Waals surface area contributed by atoms with E-state index in [-0.39, 0.29) is 0 Å². The highest BCUT2D eigenvalue weighted by atomic mass is 15.0. The van der Waals surface area contributed by atoms with Gasteiger partial charge in [-0.2, -0.15) is 0 Å². The molecule has 0 aliphatic rings. The van der Waals surface area contributed by atoms with Gasteiger partial charge in [0.1, 0.15) is 0 Å². The van der Waals surface area contributed by atoms with Gasteiger partial charge in [-0.1, -0.05) is 24.3 Å². The molecular formula is C14H17N. The van der Waals surface area contributed by atoms with Crippen molar-refractivity contribution >= 4 is 10.9 Å². The van der Waals surface area contributed by atoms with Gasteiger partial charge >= 0.3 is 0 Å². The summed E-state index contributed by atoms with van der Waals surface area (Å²) in [5.41, 5.74) is 2.69. The Hall–Kier alpha value is -1.50. The third-order valence-electron chi connectivity index (χ3n) is 2.81. The number of allylic oxidation sites excluding steroid dienone is 1. The Kier molecular flexibility index (Phi) is 2.91. The Morgan fingerprint density at radius 2 is 2.13 bits per heavy atom. The van der Waals surface area contributed by atoms with E-state index in [1.165, 1.54) is 23.0 Å². The van der Waals surface area contributed by atoms with Crippen molar-refractivity contribution in [1.82, 2.24) is 4.57 Å². The van der Waals surface area contributed by atoms with Crippen molar-refractivity contribution in [2.75, 3.05) is 0 Å². The van der Waals surface area contributed by atoms with Crippen LogP contribution in [-0.4, -0.2) is 4.57 Å². The summed E-state index contributed by atoms with van der Waals surface area (Å²) in [6.07, 6.45) is 4.25. The number of para-hydroxylation sites is 1. The number of rotatable bonds is 4. The van der Waals surface area contributed by atoms with Gasteiger partial charge in [0.15, 0.2) is 0 Å². The molecule has 0 unspecified atom stereocenters. The Balaban J connectivity index is 2.32. The van der Waals surface area contributed by atoms with E-state index in [0.29, 0.717) is 0 Å². The van der Waals surface area contributed by atoms with Crippen LogP contribution < -0.4 is 0 Å². The molecule has 2 aromatic rings. The zero-order valence-corrected chi connectivity index (χ0v) is 9.24. The molecule has 15 heavy (non-hydrogen) atoms. The summed E-state index contributed by atoms with van der Waals surface area (Å²) in [5, 5.41) is 1.34. The van der Waals surface area contributed by atoms with E-state index in [4.69, 9.17) is 0 Å². The van der Waals surface area contributed by atoms with Crippen LogP contribution in [0.5, 0.6) is 0 Å². The third-order valence-corrected chi connectivity index (χ3v) is 2.81. The molecule has 0 radical (unpaired) electrons. The Morgan fingerprint density at radius 3 is 2.93 bits per heavy atom. The van der Waals surface area contributed by atoms with Gasteiger partial charge in [-0.3, -0.25) is 0 Å². The summed E-state index contributed by atoms with van der Waals surface area (Å²) < 4.78 is 2.39. The van der Waals surface area contributed by atoms with Crippen LogP contribution in [0.3, 0.4) is 0 Å². The molecule has 0 N–H and O–H groups in total. The predicted octanol–water partition coefficient (Wildman–Crippen LogP) is 3.92. The van der Waals surface area contributed by atoms with Crippen molar-refractivity contribution in [1.29, 1.82) is 0 Å². The molecule has 0 saturated carbocycles. The number of aryl methyl sites for hydroxylation is 2. The molecule has 2 rings (SSSR count). The summed E-state index contributed by atoms with van der Waals surface area (Å²) in [4.78, 5) is 0. The molecule has 1 nitrogen and oxygen atoms in total. The SMILES string of the molecule is C=CCCCn1c(C)cc2ccccc21. The summed E-state index contributed by atoms with van der Waals surface area (Å²) in [7, 11) is 0. The van der Waals surface area contributed by atoms with Crippen LogP contribution in [0, 0.1) is 6.92 Å². The Bertz CT molecular complexity index is 465. The number of benzene rings is 1. The van der Waals surface area contributed by atoms with Crippen LogP contribution in [0.2, 0.25) is 0 Å². The van der Waals surface area contributed by atoms with E-state index >= 15 is 0 Å². The summed E-state index contributed by atoms with van der Waals surface area (Å²) in [5.74, 6) is 0. The molecule has 0 amide bonds. The van der Waals surface area contributed by atoms with E-state index in [2.05, 4.69) is 48.4 Å². The first-order chi connectivity index (χ1) is 7.33. The molecule has 0 aliphatic heterocycles. The molecule has 1 aromatic carbocycles. The van der Waals surface area contributed by atoms with Crippen LogP contribution >= 0.6 is 0 Å². The van der Waals surface area contributed by atoms with E-state index in [9.17, 15) is 0 Å². The number of fused-ring (bicyclic) bond motifs is 1. The largest absolute Gasteiger partial charge is 0.345 e. The lowest BCUT2D eigenvalue weighted by atomic mass is 10.2. The Labute approximate surface area is 91.0 Å². The van der Waals surface area contributed by atoms with Crippen molar-refractivity contribution in [2.24, 2.45) is 0 Å². The second kappa shape index (κ2) is 4.35. The fourth-order valence-corrected chi connectivity index (χ4v) is 2.04. The predicted molar refractivity (Wildman–Crippen MR) is 66.1 cm³/mol. The molecule has 0 aliphatic carbocycles. The molecule has 0 fully saturated rings. The maximum absolute atomic E-state index is 3.76. The minimum absolute atomic E-state index is 1.09. The summed E-state index contributed by atoms with van der Waals surface area (Å²) >= 11 is 0. The molecule has 0 saturated heterocycles. The molecule has 1 aromatic heterocycles. The maximum Gasteiger partial charge on any atom is 0.0482 e. The molecular weight excluding hydrogens is 182 g/mol. The lowest BCUT2D eigenvalue weighted by Crippen LogP contribution is -1.99. The Morgan fingerprint density at radius 1 is 1.33 bits per heavy atom. The number of unbranched alkanes of at least 4 members (excludes halogenated alkanes) is 1. The van der Waals surface area contributed by atoms with Crippen molar-refractivity contribution in [3.63, 3.8) is 0 Å². The minimum atomic E-state index is 1.09. The number of aromatic nitrogens is 1. The molecule has 0 bridgehead atoms. The topological polar surface area (TPSA) is 4.93 Å². The lowest BCUT2D eigenvalue weighted by molar-refractivity contribution is 0.656. The van der Waals surface area contributed by atoms with Crippen molar-refractivity contribution in [3.05, 3.63) is 48.7 Å². The second-order valence-electron chi connectivity index (χ2n) is 3.93. The first-order valence-corrected chi connectivity index (χ1v) is 5.48. The number of hydrogen-bond acceptors (Lipinski definition) is 0. The van der Waals surface area contributed by atoms with Crippen molar-refractivity contribution in [2.45, 2.75) is 26.3 Å². The van der Waals surface area contributed by atoms with Crippen LogP contribution in [0.1, 0.15) is 18.5 Å². The van der Waals surface area contributed by atoms with E-state index in [1.54, 1.807) is 0 Å². The van der Waals surface area contributed by atoms with Crippen LogP contribution in [-0.2, 0) is 6.54 Å². The highest BCUT2D eigenvalue weighted by Gasteiger charge is 2.03. The van der Waals surface area contributed by atoms with Gasteiger partial charge in [0.05, 0.1) is 0 Å². The maximum atomic E-state index is 3.76. The first-order valence-electron chi connectivity index (χ1n) is 5.48. The van der Waals surface area contributed by atoms with Crippen LogP contribution in [0.4, 0.5) is 0 Å². The zero-order valence-electron chi connectivity index (χ0n) is 9.24. The summed E-state index contributed by atoms with van der Waals surface area (Å²) in [6, 6.07) is 10.8. The molecule has 1 heteroatoms. The van der Waals surface area contributed by atoms with E-state index in [1.807, 2.05) is 6.08 Å². The van der Waals surface area contributed by atoms with Gasteiger partial charge in [-0.25, -0.2) is 0 Å². The average Bonchev–Trinajstić information content (AvgIpc) is 2.56. The zero-order chi connectivity index (χ0) is 10.7. The van der Waals surface area contributed by atoms with Gasteiger partial charge in [0.2, 0.25) is 0 Å². The van der Waals surface area contributed by atoms with Crippen LogP contribution in [0.25, 0.3) is 10.9 Å². The highest BCUT2D eigenvalue weighted by molar-refractivity contribution is 5.81. The van der Waals surface area contributed by atoms with Crippen molar-refractivity contribution in [3.8, 4) is 0 Å². The van der Waals surface area contributed by atoms with Gasteiger partial charge in [0, 0.05) is 17.8 Å². The lowest BCUT2D eigenvalue weighted by Gasteiger charge is -2.06. The molecule has 1 heterocycles. The van der Waals surface area contributed by atoms with Crippen molar-refractivity contribution < 1.29 is 0 Å². The quantitative estimate of drug-likeness (QED) is 0.519. The normalized spacial score (nSPS) is 10.7. The van der Waals surface area contributed by atoms with E-state index < -0.39 is 0 Å². The van der Waals surface area contributed by atoms with Gasteiger partial charge < -0.3 is 4.57 Å². The fourth-order valence-electron chi connectivity index (χ4n) is 2.04.